The van der Waals surface area contributed by atoms with E-state index >= 15 is 0 Å². The number of aliphatic hydroxyl groups is 1. The molecule has 0 saturated heterocycles. The number of hydrogen-bond donors (Lipinski definition) is 3. The Kier molecular flexibility index (Phi) is 8.02. The molecule has 0 bridgehead atoms. The molecule has 154 valence electrons. The third-order valence-electron chi connectivity index (χ3n) is 4.16. The van der Waals surface area contributed by atoms with E-state index in [2.05, 4.69) is 15.7 Å². The van der Waals surface area contributed by atoms with Crippen molar-refractivity contribution in [2.24, 2.45) is 0 Å². The molecule has 2 atom stereocenters. The fourth-order valence-electron chi connectivity index (χ4n) is 2.79. The molecule has 0 unspecified atom stereocenters. The Hall–Kier alpha value is -2.38. The van der Waals surface area contributed by atoms with E-state index in [-0.39, 0.29) is 0 Å². The molecule has 0 aliphatic carbocycles. The van der Waals surface area contributed by atoms with Crippen molar-refractivity contribution in [2.75, 3.05) is 6.54 Å². The molecule has 28 heavy (non-hydrogen) atoms. The van der Waals surface area contributed by atoms with Crippen LogP contribution in [0, 0.1) is 0 Å². The van der Waals surface area contributed by atoms with E-state index < -0.39 is 23.8 Å². The van der Waals surface area contributed by atoms with Crippen molar-refractivity contribution in [2.45, 2.75) is 65.0 Å². The molecule has 2 aromatic rings. The maximum absolute atomic E-state index is 12.2. The van der Waals surface area contributed by atoms with Crippen molar-refractivity contribution in [1.29, 1.82) is 0 Å². The summed E-state index contributed by atoms with van der Waals surface area (Å²) in [5.41, 5.74) is 1.49. The van der Waals surface area contributed by atoms with Crippen LogP contribution in [0.25, 0.3) is 0 Å². The van der Waals surface area contributed by atoms with Gasteiger partial charge in [0, 0.05) is 31.4 Å². The van der Waals surface area contributed by atoms with Gasteiger partial charge in [-0.3, -0.25) is 4.68 Å². The topological polar surface area (TPSA) is 88.4 Å². The van der Waals surface area contributed by atoms with Gasteiger partial charge in [0.25, 0.3) is 0 Å². The highest BCUT2D eigenvalue weighted by Crippen LogP contribution is 2.10. The van der Waals surface area contributed by atoms with E-state index in [1.165, 1.54) is 0 Å². The lowest BCUT2D eigenvalue weighted by Gasteiger charge is -2.27. The molecule has 0 saturated carbocycles. The number of aryl methyl sites for hydroxylation is 1. The van der Waals surface area contributed by atoms with Crippen LogP contribution < -0.4 is 10.6 Å². The maximum Gasteiger partial charge on any atom is 0.407 e. The van der Waals surface area contributed by atoms with Gasteiger partial charge in [-0.2, -0.15) is 5.10 Å². The molecule has 0 aliphatic heterocycles. The summed E-state index contributed by atoms with van der Waals surface area (Å²) in [5.74, 6) is 0. The van der Waals surface area contributed by atoms with E-state index in [9.17, 15) is 9.90 Å². The van der Waals surface area contributed by atoms with Gasteiger partial charge >= 0.3 is 6.09 Å². The van der Waals surface area contributed by atoms with E-state index in [1.807, 2.05) is 75.1 Å². The Balaban J connectivity index is 1.94. The highest BCUT2D eigenvalue weighted by atomic mass is 16.6. The summed E-state index contributed by atoms with van der Waals surface area (Å²) in [5, 5.41) is 21.0. The van der Waals surface area contributed by atoms with E-state index in [4.69, 9.17) is 4.74 Å². The van der Waals surface area contributed by atoms with Gasteiger partial charge in [-0.1, -0.05) is 30.3 Å². The molecule has 2 rings (SSSR count). The molecule has 1 amide bonds. The zero-order chi connectivity index (χ0) is 20.6. The number of nitrogens with one attached hydrogen (secondary N) is 2. The van der Waals surface area contributed by atoms with Crippen molar-refractivity contribution in [3.63, 3.8) is 0 Å². The second kappa shape index (κ2) is 10.2. The second-order valence-corrected chi connectivity index (χ2v) is 7.84. The first kappa shape index (κ1) is 21.9. The zero-order valence-electron chi connectivity index (χ0n) is 17.2. The smallest absolute Gasteiger partial charge is 0.407 e. The monoisotopic (exact) mass is 388 g/mol. The van der Waals surface area contributed by atoms with Crippen LogP contribution in [0.2, 0.25) is 0 Å². The second-order valence-electron chi connectivity index (χ2n) is 7.84. The standard InChI is InChI=1S/C21H32N4O3/c1-5-25-15-17(13-23-25)12-22-14-19(26)18(11-16-9-7-6-8-10-16)24-20(27)28-21(2,3)4/h6-10,13,15,18-19,22,26H,5,11-12,14H2,1-4H3,(H,24,27)/t18-,19-/m0/s1. The molecule has 1 aromatic heterocycles. The van der Waals surface area contributed by atoms with Crippen molar-refractivity contribution in [1.82, 2.24) is 20.4 Å². The molecule has 7 heteroatoms. The summed E-state index contributed by atoms with van der Waals surface area (Å²) >= 11 is 0. The van der Waals surface area contributed by atoms with E-state index in [0.29, 0.717) is 19.5 Å². The third-order valence-corrected chi connectivity index (χ3v) is 4.16. The molecule has 0 spiro atoms. The first-order chi connectivity index (χ1) is 13.3. The number of ether oxygens (including phenoxy) is 1. The SMILES string of the molecule is CCn1cc(CNC[C@H](O)[C@H](Cc2ccccc2)NC(=O)OC(C)(C)C)cn1. The molecule has 7 nitrogen and oxygen atoms in total. The average Bonchev–Trinajstić information content (AvgIpc) is 3.08. The zero-order valence-corrected chi connectivity index (χ0v) is 17.2. The number of nitrogens with zero attached hydrogens (tertiary/aromatic N) is 2. The van der Waals surface area contributed by atoms with Crippen molar-refractivity contribution in [3.05, 3.63) is 53.9 Å². The first-order valence-electron chi connectivity index (χ1n) is 9.70. The fraction of sp³-hybridized carbons (Fsp3) is 0.524. The number of amides is 1. The van der Waals surface area contributed by atoms with E-state index in [1.54, 1.807) is 0 Å². The number of aliphatic hydroxyl groups excluding tert-OH is 1. The van der Waals surface area contributed by atoms with Gasteiger partial charge in [0.15, 0.2) is 0 Å². The largest absolute Gasteiger partial charge is 0.444 e. The number of hydrogen-bond acceptors (Lipinski definition) is 5. The first-order valence-corrected chi connectivity index (χ1v) is 9.70. The van der Waals surface area contributed by atoms with Crippen LogP contribution in [0.5, 0.6) is 0 Å². The summed E-state index contributed by atoms with van der Waals surface area (Å²) in [4.78, 5) is 12.2. The van der Waals surface area contributed by atoms with E-state index in [0.717, 1.165) is 17.7 Å². The molecule has 1 aromatic carbocycles. The highest BCUT2D eigenvalue weighted by molar-refractivity contribution is 5.68. The Morgan fingerprint density at radius 3 is 2.57 bits per heavy atom. The predicted octanol–water partition coefficient (Wildman–Crippen LogP) is 2.49. The minimum Gasteiger partial charge on any atom is -0.444 e. The lowest BCUT2D eigenvalue weighted by Crippen LogP contribution is -2.49. The van der Waals surface area contributed by atoms with Gasteiger partial charge in [-0.15, -0.1) is 0 Å². The van der Waals surface area contributed by atoms with Crippen molar-refractivity contribution < 1.29 is 14.6 Å². The lowest BCUT2D eigenvalue weighted by molar-refractivity contribution is 0.0422. The Bertz CT molecular complexity index is 725. The number of carbonyl (C=O) groups excluding carboxylic acids is 1. The third kappa shape index (κ3) is 7.70. The quantitative estimate of drug-likeness (QED) is 0.614. The molecule has 0 radical (unpaired) electrons. The van der Waals surface area contributed by atoms with Crippen LogP contribution >= 0.6 is 0 Å². The summed E-state index contributed by atoms with van der Waals surface area (Å²) in [7, 11) is 0. The number of alkyl carbamates (subject to hydrolysis) is 1. The minimum atomic E-state index is -0.769. The van der Waals surface area contributed by atoms with Crippen LogP contribution in [-0.2, 0) is 24.2 Å². The highest BCUT2D eigenvalue weighted by Gasteiger charge is 2.24. The molecule has 0 aliphatic rings. The molecule has 0 fully saturated rings. The van der Waals surface area contributed by atoms with Crippen LogP contribution in [0.15, 0.2) is 42.7 Å². The Morgan fingerprint density at radius 2 is 1.96 bits per heavy atom. The fourth-order valence-corrected chi connectivity index (χ4v) is 2.79. The van der Waals surface area contributed by atoms with Gasteiger partial charge in [-0.25, -0.2) is 4.79 Å². The van der Waals surface area contributed by atoms with Gasteiger partial charge in [0.05, 0.1) is 18.3 Å². The summed E-state index contributed by atoms with van der Waals surface area (Å²) in [6.07, 6.45) is 2.99. The molecular formula is C21H32N4O3. The van der Waals surface area contributed by atoms with Crippen LogP contribution in [-0.4, -0.2) is 45.3 Å². The van der Waals surface area contributed by atoms with Gasteiger partial charge < -0.3 is 20.5 Å². The van der Waals surface area contributed by atoms with Crippen LogP contribution in [0.4, 0.5) is 4.79 Å². The summed E-state index contributed by atoms with van der Waals surface area (Å²) < 4.78 is 7.21. The summed E-state index contributed by atoms with van der Waals surface area (Å²) in [6, 6.07) is 9.30. The average molecular weight is 389 g/mol. The van der Waals surface area contributed by atoms with Crippen LogP contribution in [0.3, 0.4) is 0 Å². The maximum atomic E-state index is 12.2. The Morgan fingerprint density at radius 1 is 1.25 bits per heavy atom. The van der Waals surface area contributed by atoms with Gasteiger partial charge in [0.2, 0.25) is 0 Å². The van der Waals surface area contributed by atoms with Gasteiger partial charge in [0.1, 0.15) is 5.60 Å². The predicted molar refractivity (Wildman–Crippen MR) is 109 cm³/mol. The summed E-state index contributed by atoms with van der Waals surface area (Å²) in [6.45, 7) is 9.23. The molecule has 3 N–H and O–H groups in total. The molecule has 1 heterocycles. The minimum absolute atomic E-state index is 0.338. The normalized spacial score (nSPS) is 13.8. The lowest BCUT2D eigenvalue weighted by atomic mass is 10.0. The number of carbonyl (C=O) groups is 1. The Labute approximate surface area is 167 Å². The van der Waals surface area contributed by atoms with Crippen molar-refractivity contribution in [3.8, 4) is 0 Å². The van der Waals surface area contributed by atoms with Gasteiger partial charge in [-0.05, 0) is 39.7 Å². The molecular weight excluding hydrogens is 356 g/mol. The van der Waals surface area contributed by atoms with Crippen LogP contribution in [0.1, 0.15) is 38.8 Å². The number of aromatic nitrogens is 2. The number of benzene rings is 1. The van der Waals surface area contributed by atoms with Crippen molar-refractivity contribution >= 4 is 6.09 Å². The number of rotatable bonds is 9.